The second-order valence-corrected chi connectivity index (χ2v) is 1.39. The highest BCUT2D eigenvalue weighted by Crippen LogP contribution is 1.85. The SMILES string of the molecule is C=[C]OCC(=C)C. The molecule has 0 aromatic heterocycles. The Hall–Kier alpha value is -0.720. The van der Waals surface area contributed by atoms with Gasteiger partial charge in [0.2, 0.25) is 0 Å². The summed E-state index contributed by atoms with van der Waals surface area (Å²) in [5.74, 6) is 0. The summed E-state index contributed by atoms with van der Waals surface area (Å²) in [5.41, 5.74) is 0.983. The van der Waals surface area contributed by atoms with Crippen molar-refractivity contribution in [2.24, 2.45) is 0 Å². The van der Waals surface area contributed by atoms with Crippen LogP contribution in [0.5, 0.6) is 0 Å². The molecule has 39 valence electrons. The lowest BCUT2D eigenvalue weighted by Crippen LogP contribution is -1.85. The average molecular weight is 97.1 g/mol. The third-order valence-electron chi connectivity index (χ3n) is 0.421. The molecule has 0 unspecified atom stereocenters. The molecule has 0 N–H and O–H groups in total. The molecule has 0 amide bonds. The number of hydrogen-bond donors (Lipinski definition) is 0. The van der Waals surface area contributed by atoms with E-state index in [0.717, 1.165) is 5.57 Å². The lowest BCUT2D eigenvalue weighted by Gasteiger charge is -1.93. The standard InChI is InChI=1S/C6H9O/c1-4-7-5-6(2)3/h1-2,5H2,3H3. The molecule has 1 nitrogen and oxygen atoms in total. The normalized spacial score (nSPS) is 7.57. The van der Waals surface area contributed by atoms with Crippen molar-refractivity contribution in [1.82, 2.24) is 0 Å². The van der Waals surface area contributed by atoms with E-state index in [1.54, 1.807) is 0 Å². The summed E-state index contributed by atoms with van der Waals surface area (Å²) < 4.78 is 4.63. The Balaban J connectivity index is 2.97. The van der Waals surface area contributed by atoms with E-state index in [1.165, 1.54) is 0 Å². The van der Waals surface area contributed by atoms with Crippen molar-refractivity contribution in [3.63, 3.8) is 0 Å². The monoisotopic (exact) mass is 97.1 g/mol. The van der Waals surface area contributed by atoms with Crippen LogP contribution in [0.2, 0.25) is 0 Å². The van der Waals surface area contributed by atoms with Crippen LogP contribution in [-0.4, -0.2) is 6.61 Å². The molecular weight excluding hydrogens is 88.1 g/mol. The molecule has 1 radical (unpaired) electrons. The molecule has 1 heteroatoms. The lowest BCUT2D eigenvalue weighted by molar-refractivity contribution is 0.260. The summed E-state index contributed by atoms with van der Waals surface area (Å²) in [6, 6.07) is 0. The zero-order valence-electron chi connectivity index (χ0n) is 4.53. The number of rotatable bonds is 3. The van der Waals surface area contributed by atoms with E-state index >= 15 is 0 Å². The first-order valence-corrected chi connectivity index (χ1v) is 2.05. The van der Waals surface area contributed by atoms with Gasteiger partial charge in [0.15, 0.2) is 6.26 Å². The fraction of sp³-hybridized carbons (Fsp3) is 0.333. The van der Waals surface area contributed by atoms with Gasteiger partial charge in [0.05, 0.1) is 0 Å². The second kappa shape index (κ2) is 3.47. The maximum Gasteiger partial charge on any atom is 0.153 e. The van der Waals surface area contributed by atoms with Gasteiger partial charge in [-0.25, -0.2) is 0 Å². The van der Waals surface area contributed by atoms with Crippen LogP contribution in [0.15, 0.2) is 18.7 Å². The Bertz CT molecular complexity index is 74.2. The van der Waals surface area contributed by atoms with Crippen molar-refractivity contribution in [3.8, 4) is 0 Å². The molecule has 0 spiro atoms. The summed E-state index contributed by atoms with van der Waals surface area (Å²) in [4.78, 5) is 0. The van der Waals surface area contributed by atoms with E-state index in [-0.39, 0.29) is 0 Å². The van der Waals surface area contributed by atoms with Gasteiger partial charge in [-0.2, -0.15) is 0 Å². The van der Waals surface area contributed by atoms with Gasteiger partial charge in [-0.1, -0.05) is 13.2 Å². The van der Waals surface area contributed by atoms with Crippen LogP contribution in [0.3, 0.4) is 0 Å². The van der Waals surface area contributed by atoms with Crippen molar-refractivity contribution < 1.29 is 4.74 Å². The lowest BCUT2D eigenvalue weighted by atomic mass is 10.4. The molecule has 0 atom stereocenters. The van der Waals surface area contributed by atoms with E-state index in [4.69, 9.17) is 0 Å². The number of ether oxygens (including phenoxy) is 1. The van der Waals surface area contributed by atoms with E-state index in [1.807, 2.05) is 6.92 Å². The van der Waals surface area contributed by atoms with Crippen molar-refractivity contribution in [3.05, 3.63) is 25.0 Å². The van der Waals surface area contributed by atoms with Crippen LogP contribution in [0.25, 0.3) is 0 Å². The molecule has 7 heavy (non-hydrogen) atoms. The Kier molecular flexibility index (Phi) is 3.11. The third kappa shape index (κ3) is 5.28. The maximum absolute atomic E-state index is 4.63. The summed E-state index contributed by atoms with van der Waals surface area (Å²) in [7, 11) is 0. The van der Waals surface area contributed by atoms with E-state index in [2.05, 4.69) is 24.2 Å². The fourth-order valence-corrected chi connectivity index (χ4v) is 0.174. The highest BCUT2D eigenvalue weighted by Gasteiger charge is 1.78. The maximum atomic E-state index is 4.63. The molecule has 0 saturated carbocycles. The molecule has 0 aliphatic heterocycles. The third-order valence-corrected chi connectivity index (χ3v) is 0.421. The largest absolute Gasteiger partial charge is 0.486 e. The minimum absolute atomic E-state index is 0.531. The molecule has 0 aliphatic carbocycles. The molecule has 0 aromatic rings. The van der Waals surface area contributed by atoms with Crippen molar-refractivity contribution in [2.45, 2.75) is 6.92 Å². The van der Waals surface area contributed by atoms with Crippen LogP contribution in [-0.2, 0) is 4.74 Å². The van der Waals surface area contributed by atoms with Crippen molar-refractivity contribution in [1.29, 1.82) is 0 Å². The smallest absolute Gasteiger partial charge is 0.153 e. The molecule has 0 saturated heterocycles. The van der Waals surface area contributed by atoms with Crippen molar-refractivity contribution >= 4 is 0 Å². The Morgan fingerprint density at radius 2 is 2.43 bits per heavy atom. The van der Waals surface area contributed by atoms with Crippen molar-refractivity contribution in [2.75, 3.05) is 6.61 Å². The molecule has 0 bridgehead atoms. The summed E-state index contributed by atoms with van der Waals surface area (Å²) in [6.07, 6.45) is 2.29. The van der Waals surface area contributed by atoms with Gasteiger partial charge in [0.25, 0.3) is 0 Å². The molecule has 0 fully saturated rings. The molecule has 0 rings (SSSR count). The van der Waals surface area contributed by atoms with Gasteiger partial charge < -0.3 is 4.74 Å². The van der Waals surface area contributed by atoms with Crippen LogP contribution >= 0.6 is 0 Å². The Morgan fingerprint density at radius 1 is 1.86 bits per heavy atom. The Labute approximate surface area is 44.3 Å². The summed E-state index contributed by atoms with van der Waals surface area (Å²) in [5, 5.41) is 0. The van der Waals surface area contributed by atoms with E-state index in [9.17, 15) is 0 Å². The average Bonchev–Trinajstić information content (AvgIpc) is 1.61. The highest BCUT2D eigenvalue weighted by molar-refractivity contribution is 4.87. The van der Waals surface area contributed by atoms with Gasteiger partial charge in [-0.15, -0.1) is 0 Å². The molecule has 0 aromatic carbocycles. The number of hydrogen-bond acceptors (Lipinski definition) is 1. The van der Waals surface area contributed by atoms with Gasteiger partial charge in [0.1, 0.15) is 6.61 Å². The molecule has 0 aliphatic rings. The molecular formula is C6H9O. The first-order valence-electron chi connectivity index (χ1n) is 2.05. The second-order valence-electron chi connectivity index (χ2n) is 1.39. The van der Waals surface area contributed by atoms with Gasteiger partial charge in [-0.05, 0) is 12.5 Å². The van der Waals surface area contributed by atoms with Gasteiger partial charge >= 0.3 is 0 Å². The van der Waals surface area contributed by atoms with Crippen LogP contribution in [0.1, 0.15) is 6.92 Å². The van der Waals surface area contributed by atoms with E-state index < -0.39 is 0 Å². The van der Waals surface area contributed by atoms with Crippen LogP contribution in [0.4, 0.5) is 0 Å². The Morgan fingerprint density at radius 3 is 2.57 bits per heavy atom. The zero-order chi connectivity index (χ0) is 5.70. The minimum Gasteiger partial charge on any atom is -0.486 e. The fourth-order valence-electron chi connectivity index (χ4n) is 0.174. The topological polar surface area (TPSA) is 9.23 Å². The highest BCUT2D eigenvalue weighted by atomic mass is 16.5. The summed E-state index contributed by atoms with van der Waals surface area (Å²) in [6.45, 7) is 9.26. The van der Waals surface area contributed by atoms with Gasteiger partial charge in [0, 0.05) is 0 Å². The zero-order valence-corrected chi connectivity index (χ0v) is 4.53. The first kappa shape index (κ1) is 6.28. The first-order chi connectivity index (χ1) is 3.27. The predicted molar refractivity (Wildman–Crippen MR) is 29.6 cm³/mol. The van der Waals surface area contributed by atoms with Crippen LogP contribution < -0.4 is 0 Å². The van der Waals surface area contributed by atoms with Crippen LogP contribution in [0, 0.1) is 6.26 Å². The quantitative estimate of drug-likeness (QED) is 0.383. The van der Waals surface area contributed by atoms with E-state index in [0.29, 0.717) is 6.61 Å². The summed E-state index contributed by atoms with van der Waals surface area (Å²) >= 11 is 0. The minimum atomic E-state index is 0.531. The van der Waals surface area contributed by atoms with Gasteiger partial charge in [-0.3, -0.25) is 0 Å². The predicted octanol–water partition coefficient (Wildman–Crippen LogP) is 1.53. The molecule has 0 heterocycles.